The molecule has 1 N–H and O–H groups in total. The van der Waals surface area contributed by atoms with E-state index in [9.17, 15) is 0 Å². The first kappa shape index (κ1) is 26.7. The Morgan fingerprint density at radius 3 is 1.30 bits per heavy atom. The molecule has 0 heterocycles. The maximum Gasteiger partial charge on any atom is 0.530 e. The third-order valence-electron chi connectivity index (χ3n) is 4.71. The number of rotatable bonds is 13. The predicted octanol–water partition coefficient (Wildman–Crippen LogP) is 8.43. The van der Waals surface area contributed by atoms with Crippen molar-refractivity contribution in [3.8, 4) is 17.2 Å². The van der Waals surface area contributed by atoms with Gasteiger partial charge in [-0.3, -0.25) is 0 Å². The van der Waals surface area contributed by atoms with E-state index >= 15 is 0 Å². The highest BCUT2D eigenvalue weighted by molar-refractivity contribution is 7.43. The minimum atomic E-state index is -1.59. The van der Waals surface area contributed by atoms with Crippen molar-refractivity contribution in [1.82, 2.24) is 0 Å². The van der Waals surface area contributed by atoms with Gasteiger partial charge in [-0.1, -0.05) is 101 Å². The molecule has 4 nitrogen and oxygen atoms in total. The number of hydrogen-bond acceptors (Lipinski definition) is 4. The van der Waals surface area contributed by atoms with Gasteiger partial charge in [0, 0.05) is 6.61 Å². The largest absolute Gasteiger partial charge is 0.530 e. The molecule has 0 amide bonds. The van der Waals surface area contributed by atoms with Crippen LogP contribution in [0.2, 0.25) is 0 Å². The van der Waals surface area contributed by atoms with Crippen LogP contribution in [-0.2, 0) is 0 Å². The number of aliphatic hydroxyl groups excluding tert-OH is 1. The van der Waals surface area contributed by atoms with E-state index < -0.39 is 8.60 Å². The molecule has 0 saturated heterocycles. The summed E-state index contributed by atoms with van der Waals surface area (Å²) in [5.74, 6) is 2.98. The first-order valence-corrected chi connectivity index (χ1v) is 12.9. The fraction of sp³-hybridized carbons (Fsp3) is 0.357. The van der Waals surface area contributed by atoms with Crippen LogP contribution in [-0.4, -0.2) is 11.7 Å². The highest BCUT2D eigenvalue weighted by atomic mass is 31.2. The average Bonchev–Trinajstić information content (AvgIpc) is 2.83. The Labute approximate surface area is 200 Å². The second kappa shape index (κ2) is 17.0. The maximum absolute atomic E-state index is 8.51. The highest BCUT2D eigenvalue weighted by Crippen LogP contribution is 2.41. The number of hydrogen-bond donors (Lipinski definition) is 1. The van der Waals surface area contributed by atoms with Crippen LogP contribution in [0.3, 0.4) is 0 Å². The van der Waals surface area contributed by atoms with E-state index in [0.717, 1.165) is 12.3 Å². The van der Waals surface area contributed by atoms with E-state index in [1.807, 2.05) is 91.0 Å². The highest BCUT2D eigenvalue weighted by Gasteiger charge is 2.19. The zero-order chi connectivity index (χ0) is 23.6. The molecule has 3 rings (SSSR count). The molecule has 0 aliphatic carbocycles. The van der Waals surface area contributed by atoms with E-state index in [2.05, 4.69) is 13.8 Å². The topological polar surface area (TPSA) is 47.9 Å². The molecule has 0 spiro atoms. The molecule has 0 bridgehead atoms. The molecule has 0 radical (unpaired) electrons. The lowest BCUT2D eigenvalue weighted by atomic mass is 10.0. The van der Waals surface area contributed by atoms with Crippen LogP contribution in [0.5, 0.6) is 17.2 Å². The van der Waals surface area contributed by atoms with Gasteiger partial charge in [0.05, 0.1) is 0 Å². The number of benzene rings is 3. The Kier molecular flexibility index (Phi) is 13.8. The second-order valence-electron chi connectivity index (χ2n) is 8.11. The Morgan fingerprint density at radius 1 is 0.576 bits per heavy atom. The van der Waals surface area contributed by atoms with Crippen LogP contribution in [0.15, 0.2) is 91.0 Å². The molecule has 178 valence electrons. The normalized spacial score (nSPS) is 10.5. The maximum atomic E-state index is 8.51. The minimum absolute atomic E-state index is 0.365. The van der Waals surface area contributed by atoms with Crippen LogP contribution in [0.25, 0.3) is 0 Å². The molecule has 0 aliphatic heterocycles. The van der Waals surface area contributed by atoms with Gasteiger partial charge in [-0.05, 0) is 48.7 Å². The third-order valence-corrected chi connectivity index (χ3v) is 5.79. The summed E-state index contributed by atoms with van der Waals surface area (Å²) in [5.41, 5.74) is 0. The Bertz CT molecular complexity index is 730. The quantitative estimate of drug-likeness (QED) is 0.202. The van der Waals surface area contributed by atoms with Crippen molar-refractivity contribution >= 4 is 8.60 Å². The molecule has 3 aromatic rings. The summed E-state index contributed by atoms with van der Waals surface area (Å²) in [5, 5.41) is 8.51. The molecule has 0 saturated carbocycles. The van der Waals surface area contributed by atoms with E-state index in [0.29, 0.717) is 23.9 Å². The number of aliphatic hydroxyl groups is 1. The summed E-state index contributed by atoms with van der Waals surface area (Å²) in [6, 6.07) is 28.5. The first-order chi connectivity index (χ1) is 16.2. The van der Waals surface area contributed by atoms with Crippen molar-refractivity contribution in [2.24, 2.45) is 5.92 Å². The van der Waals surface area contributed by atoms with Crippen LogP contribution >= 0.6 is 8.60 Å². The monoisotopic (exact) mass is 468 g/mol. The molecule has 0 unspecified atom stereocenters. The van der Waals surface area contributed by atoms with E-state index in [-0.39, 0.29) is 0 Å². The Morgan fingerprint density at radius 2 is 0.939 bits per heavy atom. The predicted molar refractivity (Wildman–Crippen MR) is 138 cm³/mol. The van der Waals surface area contributed by atoms with Gasteiger partial charge >= 0.3 is 8.60 Å². The zero-order valence-electron chi connectivity index (χ0n) is 19.8. The van der Waals surface area contributed by atoms with Crippen LogP contribution in [0, 0.1) is 5.92 Å². The summed E-state index contributed by atoms with van der Waals surface area (Å²) < 4.78 is 17.5. The first-order valence-electron chi connectivity index (χ1n) is 11.8. The lowest BCUT2D eigenvalue weighted by Crippen LogP contribution is -2.02. The SMILES string of the molecule is CC(C)CCCCCCCO.c1ccc(OP(Oc2ccccc2)Oc2ccccc2)cc1. The van der Waals surface area contributed by atoms with Gasteiger partial charge in [-0.2, -0.15) is 0 Å². The molecular formula is C28H37O4P. The van der Waals surface area contributed by atoms with Crippen molar-refractivity contribution in [2.45, 2.75) is 52.4 Å². The smallest absolute Gasteiger partial charge is 0.409 e. The fourth-order valence-electron chi connectivity index (χ4n) is 2.95. The molecule has 0 aromatic heterocycles. The zero-order valence-corrected chi connectivity index (χ0v) is 20.7. The van der Waals surface area contributed by atoms with Gasteiger partial charge in [-0.15, -0.1) is 0 Å². The van der Waals surface area contributed by atoms with Crippen molar-refractivity contribution in [3.05, 3.63) is 91.0 Å². The van der Waals surface area contributed by atoms with E-state index in [1.165, 1.54) is 32.1 Å². The molecule has 33 heavy (non-hydrogen) atoms. The van der Waals surface area contributed by atoms with Crippen LogP contribution < -0.4 is 13.6 Å². The van der Waals surface area contributed by atoms with Gasteiger partial charge in [0.1, 0.15) is 17.2 Å². The van der Waals surface area contributed by atoms with Crippen molar-refractivity contribution in [1.29, 1.82) is 0 Å². The third kappa shape index (κ3) is 12.9. The number of unbranched alkanes of at least 4 members (excludes halogenated alkanes) is 4. The van der Waals surface area contributed by atoms with E-state index in [4.69, 9.17) is 18.7 Å². The minimum Gasteiger partial charge on any atom is -0.409 e. The van der Waals surface area contributed by atoms with Crippen molar-refractivity contribution in [2.75, 3.05) is 6.61 Å². The molecule has 5 heteroatoms. The summed E-state index contributed by atoms with van der Waals surface area (Å²) in [6.07, 6.45) is 7.56. The van der Waals surface area contributed by atoms with Crippen molar-refractivity contribution < 1.29 is 18.7 Å². The molecule has 0 aliphatic rings. The lowest BCUT2D eigenvalue weighted by molar-refractivity contribution is 0.282. The van der Waals surface area contributed by atoms with Gasteiger partial charge in [0.2, 0.25) is 0 Å². The Hall–Kier alpha value is -2.55. The molecule has 0 fully saturated rings. The number of para-hydroxylation sites is 3. The van der Waals surface area contributed by atoms with Crippen molar-refractivity contribution in [3.63, 3.8) is 0 Å². The molecule has 0 atom stereocenters. The van der Waals surface area contributed by atoms with Gasteiger partial charge < -0.3 is 18.7 Å². The Balaban J connectivity index is 0.000000299. The fourth-order valence-corrected chi connectivity index (χ4v) is 3.95. The summed E-state index contributed by atoms with van der Waals surface area (Å²) in [4.78, 5) is 0. The van der Waals surface area contributed by atoms with Gasteiger partial charge in [0.15, 0.2) is 0 Å². The van der Waals surface area contributed by atoms with Gasteiger partial charge in [-0.25, -0.2) is 0 Å². The molecule has 3 aromatic carbocycles. The second-order valence-corrected chi connectivity index (χ2v) is 9.11. The lowest BCUT2D eigenvalue weighted by Gasteiger charge is -2.17. The molecular weight excluding hydrogens is 431 g/mol. The average molecular weight is 469 g/mol. The summed E-state index contributed by atoms with van der Waals surface area (Å²) in [7, 11) is -1.59. The van der Waals surface area contributed by atoms with Crippen LogP contribution in [0.4, 0.5) is 0 Å². The van der Waals surface area contributed by atoms with Gasteiger partial charge in [0.25, 0.3) is 0 Å². The van der Waals surface area contributed by atoms with E-state index in [1.54, 1.807) is 0 Å². The summed E-state index contributed by atoms with van der Waals surface area (Å²) >= 11 is 0. The summed E-state index contributed by atoms with van der Waals surface area (Å²) in [6.45, 7) is 4.91. The van der Waals surface area contributed by atoms with Crippen LogP contribution in [0.1, 0.15) is 52.4 Å². The standard InChI is InChI=1S/C18H15O3P.C10H22O/c1-4-10-16(11-5-1)19-22(20-17-12-6-2-7-13-17)21-18-14-8-3-9-15-18;1-10(2)8-6-4-3-5-7-9-11/h1-15H;10-11H,3-9H2,1-2H3.